The standard InChI is InChI=1S/C20H20O5/c1-2-14-4-6-15(7-5-14)20(22)25-13-17(21)16-8-9-18-19(12-16)24-11-3-10-23-18/h4-9,12H,2-3,10-11,13H2,1H3. The van der Waals surface area contributed by atoms with E-state index in [2.05, 4.69) is 0 Å². The predicted octanol–water partition coefficient (Wildman–Crippen LogP) is 3.45. The summed E-state index contributed by atoms with van der Waals surface area (Å²) in [6, 6.07) is 12.2. The molecule has 0 amide bonds. The van der Waals surface area contributed by atoms with Crippen LogP contribution in [0.25, 0.3) is 0 Å². The second kappa shape index (κ2) is 7.83. The number of aryl methyl sites for hydroxylation is 1. The molecule has 1 heterocycles. The van der Waals surface area contributed by atoms with E-state index in [1.807, 2.05) is 19.1 Å². The molecule has 0 atom stereocenters. The third-order valence-electron chi connectivity index (χ3n) is 4.00. The van der Waals surface area contributed by atoms with E-state index in [1.165, 1.54) is 0 Å². The summed E-state index contributed by atoms with van der Waals surface area (Å²) in [5, 5.41) is 0. The quantitative estimate of drug-likeness (QED) is 0.616. The zero-order valence-electron chi connectivity index (χ0n) is 14.1. The summed E-state index contributed by atoms with van der Waals surface area (Å²) >= 11 is 0. The van der Waals surface area contributed by atoms with Gasteiger partial charge in [0.05, 0.1) is 18.8 Å². The number of hydrogen-bond acceptors (Lipinski definition) is 5. The molecule has 1 aliphatic rings. The average Bonchev–Trinajstić information content (AvgIpc) is 2.90. The SMILES string of the molecule is CCc1ccc(C(=O)OCC(=O)c2ccc3c(c2)OCCCO3)cc1. The Kier molecular flexibility index (Phi) is 5.33. The summed E-state index contributed by atoms with van der Waals surface area (Å²) in [4.78, 5) is 24.3. The van der Waals surface area contributed by atoms with Crippen molar-refractivity contribution in [2.75, 3.05) is 19.8 Å². The van der Waals surface area contributed by atoms with Crippen molar-refractivity contribution in [3.05, 3.63) is 59.2 Å². The molecule has 0 saturated carbocycles. The van der Waals surface area contributed by atoms with Gasteiger partial charge in [0.1, 0.15) is 0 Å². The fourth-order valence-electron chi connectivity index (χ4n) is 2.51. The van der Waals surface area contributed by atoms with Crippen molar-refractivity contribution in [3.63, 3.8) is 0 Å². The predicted molar refractivity (Wildman–Crippen MR) is 92.5 cm³/mol. The van der Waals surface area contributed by atoms with Gasteiger partial charge in [-0.05, 0) is 42.3 Å². The molecule has 2 aromatic carbocycles. The number of carbonyl (C=O) groups excluding carboxylic acids is 2. The molecule has 5 heteroatoms. The maximum Gasteiger partial charge on any atom is 0.338 e. The lowest BCUT2D eigenvalue weighted by atomic mass is 10.1. The molecular weight excluding hydrogens is 320 g/mol. The summed E-state index contributed by atoms with van der Waals surface area (Å²) in [6.45, 7) is 2.87. The highest BCUT2D eigenvalue weighted by Crippen LogP contribution is 2.30. The zero-order chi connectivity index (χ0) is 17.6. The van der Waals surface area contributed by atoms with Crippen molar-refractivity contribution < 1.29 is 23.8 Å². The molecule has 3 rings (SSSR count). The zero-order valence-corrected chi connectivity index (χ0v) is 14.1. The van der Waals surface area contributed by atoms with Crippen LogP contribution in [-0.2, 0) is 11.2 Å². The summed E-state index contributed by atoms with van der Waals surface area (Å²) in [6.07, 6.45) is 1.70. The van der Waals surface area contributed by atoms with E-state index in [-0.39, 0.29) is 12.4 Å². The van der Waals surface area contributed by atoms with Crippen LogP contribution in [0.1, 0.15) is 39.6 Å². The number of hydrogen-bond donors (Lipinski definition) is 0. The lowest BCUT2D eigenvalue weighted by Gasteiger charge is -2.09. The van der Waals surface area contributed by atoms with Crippen LogP contribution < -0.4 is 9.47 Å². The molecule has 5 nitrogen and oxygen atoms in total. The Hall–Kier alpha value is -2.82. The fraction of sp³-hybridized carbons (Fsp3) is 0.300. The highest BCUT2D eigenvalue weighted by Gasteiger charge is 2.16. The second-order valence-corrected chi connectivity index (χ2v) is 5.76. The minimum absolute atomic E-state index is 0.283. The van der Waals surface area contributed by atoms with E-state index < -0.39 is 5.97 Å². The Balaban J connectivity index is 1.62. The van der Waals surface area contributed by atoms with Gasteiger partial charge in [0.25, 0.3) is 0 Å². The van der Waals surface area contributed by atoms with E-state index >= 15 is 0 Å². The van der Waals surface area contributed by atoms with Crippen LogP contribution >= 0.6 is 0 Å². The van der Waals surface area contributed by atoms with Crippen LogP contribution in [0.5, 0.6) is 11.5 Å². The van der Waals surface area contributed by atoms with Crippen LogP contribution in [-0.4, -0.2) is 31.6 Å². The van der Waals surface area contributed by atoms with Crippen LogP contribution in [0, 0.1) is 0 Å². The van der Waals surface area contributed by atoms with Gasteiger partial charge in [-0.1, -0.05) is 19.1 Å². The lowest BCUT2D eigenvalue weighted by Crippen LogP contribution is -2.14. The average molecular weight is 340 g/mol. The molecular formula is C20H20O5. The number of carbonyl (C=O) groups is 2. The topological polar surface area (TPSA) is 61.8 Å². The van der Waals surface area contributed by atoms with Crippen LogP contribution in [0.15, 0.2) is 42.5 Å². The highest BCUT2D eigenvalue weighted by molar-refractivity contribution is 5.99. The van der Waals surface area contributed by atoms with E-state index in [0.29, 0.717) is 35.8 Å². The minimum atomic E-state index is -0.509. The maximum atomic E-state index is 12.3. The first-order valence-corrected chi connectivity index (χ1v) is 8.36. The van der Waals surface area contributed by atoms with Gasteiger partial charge < -0.3 is 14.2 Å². The van der Waals surface area contributed by atoms with Crippen LogP contribution in [0.2, 0.25) is 0 Å². The van der Waals surface area contributed by atoms with Gasteiger partial charge in [-0.2, -0.15) is 0 Å². The number of benzene rings is 2. The molecule has 0 radical (unpaired) electrons. The maximum absolute atomic E-state index is 12.3. The molecule has 130 valence electrons. The number of Topliss-reactive ketones (excluding diaryl/α,β-unsaturated/α-hetero) is 1. The summed E-state index contributed by atoms with van der Waals surface area (Å²) in [5.74, 6) is 0.381. The Bertz CT molecular complexity index is 764. The molecule has 0 fully saturated rings. The number of ketones is 1. The molecule has 0 N–H and O–H groups in total. The van der Waals surface area contributed by atoms with Crippen molar-refractivity contribution >= 4 is 11.8 Å². The molecule has 0 unspecified atom stereocenters. The molecule has 25 heavy (non-hydrogen) atoms. The summed E-state index contributed by atoms with van der Waals surface area (Å²) < 4.78 is 16.2. The first-order chi connectivity index (χ1) is 12.2. The molecule has 0 aliphatic carbocycles. The van der Waals surface area contributed by atoms with Crippen molar-refractivity contribution in [1.29, 1.82) is 0 Å². The Morgan fingerprint density at radius 3 is 2.36 bits per heavy atom. The van der Waals surface area contributed by atoms with E-state index in [1.54, 1.807) is 30.3 Å². The largest absolute Gasteiger partial charge is 0.490 e. The number of ether oxygens (including phenoxy) is 3. The lowest BCUT2D eigenvalue weighted by molar-refractivity contribution is 0.0474. The smallest absolute Gasteiger partial charge is 0.338 e. The van der Waals surface area contributed by atoms with Gasteiger partial charge in [0.15, 0.2) is 23.9 Å². The molecule has 0 saturated heterocycles. The van der Waals surface area contributed by atoms with Crippen LogP contribution in [0.4, 0.5) is 0 Å². The van der Waals surface area contributed by atoms with Gasteiger partial charge in [0, 0.05) is 12.0 Å². The first-order valence-electron chi connectivity index (χ1n) is 8.36. The second-order valence-electron chi connectivity index (χ2n) is 5.76. The van der Waals surface area contributed by atoms with Crippen molar-refractivity contribution in [2.45, 2.75) is 19.8 Å². The molecule has 1 aliphatic heterocycles. The van der Waals surface area contributed by atoms with Crippen molar-refractivity contribution in [3.8, 4) is 11.5 Å². The Morgan fingerprint density at radius 1 is 0.960 bits per heavy atom. The molecule has 2 aromatic rings. The summed E-state index contributed by atoms with van der Waals surface area (Å²) in [5.41, 5.74) is 2.00. The highest BCUT2D eigenvalue weighted by atomic mass is 16.5. The minimum Gasteiger partial charge on any atom is -0.490 e. The molecule has 0 spiro atoms. The Morgan fingerprint density at radius 2 is 1.64 bits per heavy atom. The first kappa shape index (κ1) is 17.0. The van der Waals surface area contributed by atoms with E-state index in [0.717, 1.165) is 18.4 Å². The normalized spacial score (nSPS) is 13.0. The Labute approximate surface area is 146 Å². The summed E-state index contributed by atoms with van der Waals surface area (Å²) in [7, 11) is 0. The fourth-order valence-corrected chi connectivity index (χ4v) is 2.51. The van der Waals surface area contributed by atoms with Crippen molar-refractivity contribution in [1.82, 2.24) is 0 Å². The van der Waals surface area contributed by atoms with Crippen molar-refractivity contribution in [2.24, 2.45) is 0 Å². The van der Waals surface area contributed by atoms with E-state index in [9.17, 15) is 9.59 Å². The monoisotopic (exact) mass is 340 g/mol. The van der Waals surface area contributed by atoms with E-state index in [4.69, 9.17) is 14.2 Å². The van der Waals surface area contributed by atoms with Crippen LogP contribution in [0.3, 0.4) is 0 Å². The molecule has 0 aromatic heterocycles. The van der Waals surface area contributed by atoms with Gasteiger partial charge >= 0.3 is 5.97 Å². The van der Waals surface area contributed by atoms with Gasteiger partial charge in [-0.25, -0.2) is 4.79 Å². The third-order valence-corrected chi connectivity index (χ3v) is 4.00. The van der Waals surface area contributed by atoms with Gasteiger partial charge in [0.2, 0.25) is 0 Å². The third kappa shape index (κ3) is 4.18. The number of esters is 1. The molecule has 0 bridgehead atoms. The number of rotatable bonds is 5. The van der Waals surface area contributed by atoms with Gasteiger partial charge in [-0.15, -0.1) is 0 Å². The number of fused-ring (bicyclic) bond motifs is 1. The van der Waals surface area contributed by atoms with Gasteiger partial charge in [-0.3, -0.25) is 4.79 Å².